The van der Waals surface area contributed by atoms with E-state index in [-0.39, 0.29) is 11.8 Å². The Kier molecular flexibility index (Phi) is 4.41. The number of rotatable bonds is 4. The number of para-hydroxylation sites is 1. The van der Waals surface area contributed by atoms with Crippen LogP contribution in [0.1, 0.15) is 11.5 Å². The molecule has 0 aromatic heterocycles. The summed E-state index contributed by atoms with van der Waals surface area (Å²) in [4.78, 5) is 17.1. The van der Waals surface area contributed by atoms with Crippen molar-refractivity contribution in [3.8, 4) is 0 Å². The van der Waals surface area contributed by atoms with Gasteiger partial charge in [-0.1, -0.05) is 18.2 Å². The van der Waals surface area contributed by atoms with Gasteiger partial charge < -0.3 is 15.5 Å². The Morgan fingerprint density at radius 3 is 2.86 bits per heavy atom. The molecule has 2 N–H and O–H groups in total. The minimum atomic E-state index is -0.0475. The third-order valence-electron chi connectivity index (χ3n) is 4.47. The fourth-order valence-electron chi connectivity index (χ4n) is 3.05. The van der Waals surface area contributed by atoms with E-state index in [0.717, 1.165) is 50.5 Å². The molecule has 0 spiro atoms. The lowest BCUT2D eigenvalue weighted by atomic mass is 10.0. The number of carbonyl (C=O) groups is 1. The molecule has 1 aromatic carbocycles. The smallest absolute Gasteiger partial charge is 0.229 e. The molecule has 0 bridgehead atoms. The first kappa shape index (κ1) is 14.4. The maximum absolute atomic E-state index is 12.3. The van der Waals surface area contributed by atoms with Gasteiger partial charge in [0.25, 0.3) is 0 Å². The van der Waals surface area contributed by atoms with Crippen LogP contribution in [-0.2, 0) is 4.79 Å². The van der Waals surface area contributed by atoms with Crippen molar-refractivity contribution in [2.24, 2.45) is 0 Å². The first-order valence-corrected chi connectivity index (χ1v) is 7.75. The predicted octanol–water partition coefficient (Wildman–Crippen LogP) is 0.559. The lowest BCUT2D eigenvalue weighted by molar-refractivity contribution is -0.122. The Hall–Kier alpha value is -1.59. The molecular formula is C16H24N4O. The lowest BCUT2D eigenvalue weighted by Crippen LogP contribution is -2.47. The van der Waals surface area contributed by atoms with Gasteiger partial charge in [0, 0.05) is 51.5 Å². The van der Waals surface area contributed by atoms with E-state index in [9.17, 15) is 4.79 Å². The number of nitrogens with zero attached hydrogens (tertiary/aromatic N) is 2. The van der Waals surface area contributed by atoms with Crippen molar-refractivity contribution < 1.29 is 4.79 Å². The number of anilines is 1. The molecule has 1 unspecified atom stereocenters. The number of hydrogen-bond donors (Lipinski definition) is 2. The van der Waals surface area contributed by atoms with Crippen LogP contribution in [0.15, 0.2) is 24.3 Å². The number of amides is 1. The molecule has 0 aliphatic carbocycles. The topological polar surface area (TPSA) is 47.6 Å². The van der Waals surface area contributed by atoms with Gasteiger partial charge in [-0.15, -0.1) is 0 Å². The van der Waals surface area contributed by atoms with E-state index in [1.54, 1.807) is 0 Å². The first-order chi connectivity index (χ1) is 10.2. The van der Waals surface area contributed by atoms with E-state index in [1.165, 1.54) is 0 Å². The van der Waals surface area contributed by atoms with Crippen LogP contribution in [-0.4, -0.2) is 68.6 Å². The molecule has 5 heteroatoms. The zero-order valence-electron chi connectivity index (χ0n) is 12.6. The highest BCUT2D eigenvalue weighted by atomic mass is 16.1. The van der Waals surface area contributed by atoms with Gasteiger partial charge in [-0.3, -0.25) is 9.69 Å². The third kappa shape index (κ3) is 3.36. The van der Waals surface area contributed by atoms with E-state index >= 15 is 0 Å². The average molecular weight is 288 g/mol. The second kappa shape index (κ2) is 6.45. The van der Waals surface area contributed by atoms with E-state index in [1.807, 2.05) is 24.3 Å². The standard InChI is InChI=1S/C16H24N4O/c1-19-8-10-20(11-9-19)7-6-17-16(21)14-12-18-15-5-3-2-4-13(14)15/h2-5,14,18H,6-12H2,1H3,(H,17,21). The molecule has 114 valence electrons. The fraction of sp³-hybridized carbons (Fsp3) is 0.562. The Morgan fingerprint density at radius 2 is 2.05 bits per heavy atom. The van der Waals surface area contributed by atoms with Gasteiger partial charge >= 0.3 is 0 Å². The van der Waals surface area contributed by atoms with Crippen molar-refractivity contribution in [3.63, 3.8) is 0 Å². The first-order valence-electron chi connectivity index (χ1n) is 7.75. The number of likely N-dealkylation sites (N-methyl/N-ethyl adjacent to an activating group) is 1. The Labute approximate surface area is 126 Å². The fourth-order valence-corrected chi connectivity index (χ4v) is 3.05. The number of hydrogen-bond acceptors (Lipinski definition) is 4. The van der Waals surface area contributed by atoms with Crippen molar-refractivity contribution in [2.45, 2.75) is 5.92 Å². The van der Waals surface area contributed by atoms with Crippen LogP contribution >= 0.6 is 0 Å². The molecular weight excluding hydrogens is 264 g/mol. The zero-order valence-corrected chi connectivity index (χ0v) is 12.6. The molecule has 2 aliphatic heterocycles. The largest absolute Gasteiger partial charge is 0.384 e. The molecule has 1 aromatic rings. The molecule has 1 saturated heterocycles. The van der Waals surface area contributed by atoms with Crippen molar-refractivity contribution in [1.29, 1.82) is 0 Å². The van der Waals surface area contributed by atoms with Gasteiger partial charge in [0.2, 0.25) is 5.91 Å². The van der Waals surface area contributed by atoms with Gasteiger partial charge in [0.1, 0.15) is 0 Å². The summed E-state index contributed by atoms with van der Waals surface area (Å²) in [7, 11) is 2.16. The Morgan fingerprint density at radius 1 is 1.29 bits per heavy atom. The lowest BCUT2D eigenvalue weighted by Gasteiger charge is -2.32. The van der Waals surface area contributed by atoms with Crippen molar-refractivity contribution >= 4 is 11.6 Å². The summed E-state index contributed by atoms with van der Waals surface area (Å²) in [5.41, 5.74) is 2.21. The number of piperazine rings is 1. The number of benzene rings is 1. The molecule has 21 heavy (non-hydrogen) atoms. The third-order valence-corrected chi connectivity index (χ3v) is 4.47. The minimum Gasteiger partial charge on any atom is -0.384 e. The summed E-state index contributed by atoms with van der Waals surface area (Å²) in [6, 6.07) is 8.07. The SMILES string of the molecule is CN1CCN(CCNC(=O)C2CNc3ccccc32)CC1. The zero-order chi connectivity index (χ0) is 14.7. The van der Waals surface area contributed by atoms with Crippen LogP contribution in [0.4, 0.5) is 5.69 Å². The maximum Gasteiger partial charge on any atom is 0.229 e. The van der Waals surface area contributed by atoms with Crippen LogP contribution in [0.5, 0.6) is 0 Å². The molecule has 1 atom stereocenters. The molecule has 2 heterocycles. The summed E-state index contributed by atoms with van der Waals surface area (Å²) in [5, 5.41) is 6.39. The second-order valence-electron chi connectivity index (χ2n) is 5.96. The second-order valence-corrected chi connectivity index (χ2v) is 5.96. The Balaban J connectivity index is 1.45. The highest BCUT2D eigenvalue weighted by molar-refractivity contribution is 5.88. The highest BCUT2D eigenvalue weighted by Crippen LogP contribution is 2.30. The molecule has 2 aliphatic rings. The summed E-state index contributed by atoms with van der Waals surface area (Å²) < 4.78 is 0. The maximum atomic E-state index is 12.3. The molecule has 0 radical (unpaired) electrons. The van der Waals surface area contributed by atoms with E-state index in [2.05, 4.69) is 27.5 Å². The number of nitrogens with one attached hydrogen (secondary N) is 2. The quantitative estimate of drug-likeness (QED) is 0.850. The van der Waals surface area contributed by atoms with Crippen LogP contribution in [0.2, 0.25) is 0 Å². The van der Waals surface area contributed by atoms with Gasteiger partial charge in [-0.2, -0.15) is 0 Å². The summed E-state index contributed by atoms with van der Waals surface area (Å²) in [5.74, 6) is 0.0928. The van der Waals surface area contributed by atoms with E-state index in [4.69, 9.17) is 0 Å². The predicted molar refractivity (Wildman–Crippen MR) is 84.6 cm³/mol. The van der Waals surface area contributed by atoms with Crippen LogP contribution in [0, 0.1) is 0 Å². The highest BCUT2D eigenvalue weighted by Gasteiger charge is 2.27. The number of carbonyl (C=O) groups excluding carboxylic acids is 1. The van der Waals surface area contributed by atoms with Crippen molar-refractivity contribution in [2.75, 3.05) is 58.2 Å². The number of fused-ring (bicyclic) bond motifs is 1. The molecule has 1 amide bonds. The van der Waals surface area contributed by atoms with Crippen LogP contribution in [0.3, 0.4) is 0 Å². The monoisotopic (exact) mass is 288 g/mol. The van der Waals surface area contributed by atoms with Gasteiger partial charge in [0.05, 0.1) is 5.92 Å². The minimum absolute atomic E-state index is 0.0475. The Bertz CT molecular complexity index is 497. The molecule has 3 rings (SSSR count). The normalized spacial score (nSPS) is 22.6. The summed E-state index contributed by atoms with van der Waals surface area (Å²) in [6.45, 7) is 6.82. The molecule has 1 fully saturated rings. The summed E-state index contributed by atoms with van der Waals surface area (Å²) >= 11 is 0. The molecule has 5 nitrogen and oxygen atoms in total. The van der Waals surface area contributed by atoms with Crippen LogP contribution in [0.25, 0.3) is 0 Å². The van der Waals surface area contributed by atoms with E-state index in [0.29, 0.717) is 6.54 Å². The summed E-state index contributed by atoms with van der Waals surface area (Å²) in [6.07, 6.45) is 0. The van der Waals surface area contributed by atoms with E-state index < -0.39 is 0 Å². The van der Waals surface area contributed by atoms with Gasteiger partial charge in [-0.25, -0.2) is 0 Å². The van der Waals surface area contributed by atoms with Crippen molar-refractivity contribution in [3.05, 3.63) is 29.8 Å². The molecule has 0 saturated carbocycles. The van der Waals surface area contributed by atoms with Gasteiger partial charge in [-0.05, 0) is 18.7 Å². The van der Waals surface area contributed by atoms with Crippen LogP contribution < -0.4 is 10.6 Å². The van der Waals surface area contributed by atoms with Gasteiger partial charge in [0.15, 0.2) is 0 Å². The average Bonchev–Trinajstić information content (AvgIpc) is 2.93. The van der Waals surface area contributed by atoms with Crippen molar-refractivity contribution in [1.82, 2.24) is 15.1 Å².